The number of carbonyl (C=O) groups is 1. The van der Waals surface area contributed by atoms with Crippen LogP contribution < -0.4 is 5.32 Å². The molecule has 1 unspecified atom stereocenters. The first-order chi connectivity index (χ1) is 7.54. The summed E-state index contributed by atoms with van der Waals surface area (Å²) in [6.45, 7) is 3.83. The predicted octanol–water partition coefficient (Wildman–Crippen LogP) is 0.234. The van der Waals surface area contributed by atoms with Crippen LogP contribution in [0.15, 0.2) is 12.3 Å². The smallest absolute Gasteiger partial charge is 0.323 e. The molecule has 0 radical (unpaired) electrons. The zero-order valence-corrected chi connectivity index (χ0v) is 9.40. The number of carboxylic acid groups (broad SMARTS) is 1. The highest BCUT2D eigenvalue weighted by Gasteiger charge is 2.14. The van der Waals surface area contributed by atoms with Crippen molar-refractivity contribution in [3.8, 4) is 0 Å². The van der Waals surface area contributed by atoms with Crippen LogP contribution in [0.3, 0.4) is 0 Å². The fourth-order valence-corrected chi connectivity index (χ4v) is 1.27. The number of aromatic nitrogens is 1. The Morgan fingerprint density at radius 1 is 1.56 bits per heavy atom. The van der Waals surface area contributed by atoms with E-state index in [0.29, 0.717) is 6.54 Å². The summed E-state index contributed by atoms with van der Waals surface area (Å²) in [6, 6.07) is 1.02. The number of rotatable bonds is 5. The number of aryl methyl sites for hydroxylation is 2. The molecule has 16 heavy (non-hydrogen) atoms. The van der Waals surface area contributed by atoms with E-state index < -0.39 is 18.6 Å². The molecule has 1 aromatic heterocycles. The lowest BCUT2D eigenvalue weighted by Crippen LogP contribution is -2.39. The van der Waals surface area contributed by atoms with E-state index in [2.05, 4.69) is 10.3 Å². The standard InChI is InChI=1S/C11H16N2O3/c1-7-3-9(4-12-8(7)2)5-13-10(6-14)11(15)16/h3-4,10,13-14H,5-6H2,1-2H3,(H,15,16). The van der Waals surface area contributed by atoms with Gasteiger partial charge >= 0.3 is 5.97 Å². The highest BCUT2D eigenvalue weighted by Crippen LogP contribution is 2.06. The van der Waals surface area contributed by atoms with Crippen molar-refractivity contribution in [2.75, 3.05) is 6.61 Å². The first kappa shape index (κ1) is 12.6. The van der Waals surface area contributed by atoms with Crippen LogP contribution in [0.25, 0.3) is 0 Å². The monoisotopic (exact) mass is 224 g/mol. The summed E-state index contributed by atoms with van der Waals surface area (Å²) in [4.78, 5) is 14.8. The molecule has 3 N–H and O–H groups in total. The fourth-order valence-electron chi connectivity index (χ4n) is 1.27. The zero-order chi connectivity index (χ0) is 12.1. The van der Waals surface area contributed by atoms with Crippen LogP contribution in [0.2, 0.25) is 0 Å². The molecule has 0 aliphatic heterocycles. The minimum absolute atomic E-state index is 0.381. The molecule has 1 atom stereocenters. The van der Waals surface area contributed by atoms with Crippen molar-refractivity contribution in [2.24, 2.45) is 0 Å². The van der Waals surface area contributed by atoms with Gasteiger partial charge in [-0.15, -0.1) is 0 Å². The number of nitrogens with zero attached hydrogens (tertiary/aromatic N) is 1. The van der Waals surface area contributed by atoms with Gasteiger partial charge in [-0.2, -0.15) is 0 Å². The molecule has 0 amide bonds. The van der Waals surface area contributed by atoms with Gasteiger partial charge in [-0.25, -0.2) is 0 Å². The summed E-state index contributed by atoms with van der Waals surface area (Å²) < 4.78 is 0. The summed E-state index contributed by atoms with van der Waals surface area (Å²) in [5.41, 5.74) is 2.93. The van der Waals surface area contributed by atoms with Crippen molar-refractivity contribution in [1.29, 1.82) is 0 Å². The molecule has 0 saturated carbocycles. The highest BCUT2D eigenvalue weighted by molar-refractivity contribution is 5.73. The third-order valence-electron chi connectivity index (χ3n) is 2.43. The molecule has 0 fully saturated rings. The van der Waals surface area contributed by atoms with Crippen molar-refractivity contribution in [3.63, 3.8) is 0 Å². The van der Waals surface area contributed by atoms with Gasteiger partial charge in [0.05, 0.1) is 6.61 Å². The van der Waals surface area contributed by atoms with Crippen LogP contribution in [-0.4, -0.2) is 33.8 Å². The summed E-state index contributed by atoms with van der Waals surface area (Å²) in [6.07, 6.45) is 1.70. The number of aliphatic carboxylic acids is 1. The first-order valence-electron chi connectivity index (χ1n) is 5.03. The van der Waals surface area contributed by atoms with Crippen molar-refractivity contribution < 1.29 is 15.0 Å². The van der Waals surface area contributed by atoms with Crippen molar-refractivity contribution in [2.45, 2.75) is 26.4 Å². The summed E-state index contributed by atoms with van der Waals surface area (Å²) >= 11 is 0. The van der Waals surface area contributed by atoms with Crippen LogP contribution in [-0.2, 0) is 11.3 Å². The first-order valence-corrected chi connectivity index (χ1v) is 5.03. The van der Waals surface area contributed by atoms with E-state index in [4.69, 9.17) is 10.2 Å². The zero-order valence-electron chi connectivity index (χ0n) is 9.40. The van der Waals surface area contributed by atoms with Crippen LogP contribution in [0.1, 0.15) is 16.8 Å². The van der Waals surface area contributed by atoms with Crippen molar-refractivity contribution in [3.05, 3.63) is 29.1 Å². The Hall–Kier alpha value is -1.46. The molecule has 0 saturated heterocycles. The van der Waals surface area contributed by atoms with Gasteiger partial charge in [-0.3, -0.25) is 15.1 Å². The quantitative estimate of drug-likeness (QED) is 0.667. The molecular formula is C11H16N2O3. The van der Waals surface area contributed by atoms with E-state index in [1.54, 1.807) is 6.20 Å². The molecule has 88 valence electrons. The fraction of sp³-hybridized carbons (Fsp3) is 0.455. The predicted molar refractivity (Wildman–Crippen MR) is 59.1 cm³/mol. The van der Waals surface area contributed by atoms with Crippen molar-refractivity contribution >= 4 is 5.97 Å². The lowest BCUT2D eigenvalue weighted by atomic mass is 10.1. The maximum absolute atomic E-state index is 10.6. The molecule has 5 heteroatoms. The molecule has 0 aromatic carbocycles. The normalized spacial score (nSPS) is 12.4. The second kappa shape index (κ2) is 5.58. The summed E-state index contributed by atoms with van der Waals surface area (Å²) in [7, 11) is 0. The van der Waals surface area contributed by atoms with E-state index in [1.807, 2.05) is 19.9 Å². The maximum Gasteiger partial charge on any atom is 0.323 e. The molecule has 0 bridgehead atoms. The van der Waals surface area contributed by atoms with Crippen molar-refractivity contribution in [1.82, 2.24) is 10.3 Å². The number of nitrogens with one attached hydrogen (secondary N) is 1. The van der Waals surface area contributed by atoms with Crippen LogP contribution in [0, 0.1) is 13.8 Å². The Bertz CT molecular complexity index is 379. The topological polar surface area (TPSA) is 82.5 Å². The minimum atomic E-state index is -1.06. The molecule has 1 aromatic rings. The number of pyridine rings is 1. The van der Waals surface area contributed by atoms with E-state index in [1.165, 1.54) is 0 Å². The lowest BCUT2D eigenvalue weighted by molar-refractivity contribution is -0.140. The number of hydrogen-bond acceptors (Lipinski definition) is 4. The van der Waals surface area contributed by atoms with Gasteiger partial charge in [-0.1, -0.05) is 6.07 Å². The second-order valence-corrected chi connectivity index (χ2v) is 3.70. The average molecular weight is 224 g/mol. The molecule has 0 aliphatic rings. The highest BCUT2D eigenvalue weighted by atomic mass is 16.4. The van der Waals surface area contributed by atoms with Gasteiger partial charge in [0.15, 0.2) is 0 Å². The van der Waals surface area contributed by atoms with Gasteiger partial charge in [-0.05, 0) is 25.0 Å². The third kappa shape index (κ3) is 3.29. The van der Waals surface area contributed by atoms with Gasteiger partial charge in [0, 0.05) is 18.4 Å². The van der Waals surface area contributed by atoms with E-state index in [-0.39, 0.29) is 0 Å². The molecular weight excluding hydrogens is 208 g/mol. The molecule has 0 spiro atoms. The lowest BCUT2D eigenvalue weighted by Gasteiger charge is -2.11. The second-order valence-electron chi connectivity index (χ2n) is 3.70. The Labute approximate surface area is 94.1 Å². The average Bonchev–Trinajstić information content (AvgIpc) is 2.23. The molecule has 1 rings (SSSR count). The summed E-state index contributed by atoms with van der Waals surface area (Å²) in [5.74, 6) is -1.06. The van der Waals surface area contributed by atoms with E-state index in [9.17, 15) is 4.79 Å². The van der Waals surface area contributed by atoms with E-state index in [0.717, 1.165) is 16.8 Å². The number of carboxylic acids is 1. The van der Waals surface area contributed by atoms with E-state index >= 15 is 0 Å². The van der Waals surface area contributed by atoms with Gasteiger partial charge < -0.3 is 10.2 Å². The van der Waals surface area contributed by atoms with Gasteiger partial charge in [0.1, 0.15) is 6.04 Å². The molecule has 1 heterocycles. The Kier molecular flexibility index (Phi) is 4.39. The SMILES string of the molecule is Cc1cc(CNC(CO)C(=O)O)cnc1C. The third-order valence-corrected chi connectivity index (χ3v) is 2.43. The molecule has 0 aliphatic carbocycles. The minimum Gasteiger partial charge on any atom is -0.480 e. The Morgan fingerprint density at radius 2 is 2.25 bits per heavy atom. The van der Waals surface area contributed by atoms with Crippen LogP contribution in [0.5, 0.6) is 0 Å². The maximum atomic E-state index is 10.6. The largest absolute Gasteiger partial charge is 0.480 e. The van der Waals surface area contributed by atoms with Crippen LogP contribution in [0.4, 0.5) is 0 Å². The Balaban J connectivity index is 2.60. The van der Waals surface area contributed by atoms with Gasteiger partial charge in [0.25, 0.3) is 0 Å². The number of aliphatic hydroxyl groups excluding tert-OH is 1. The number of hydrogen-bond donors (Lipinski definition) is 3. The molecule has 5 nitrogen and oxygen atoms in total. The summed E-state index contributed by atoms with van der Waals surface area (Å²) in [5, 5.41) is 20.3. The van der Waals surface area contributed by atoms with Gasteiger partial charge in [0.2, 0.25) is 0 Å². The Morgan fingerprint density at radius 3 is 2.75 bits per heavy atom. The number of aliphatic hydroxyl groups is 1. The van der Waals surface area contributed by atoms with Crippen LogP contribution >= 0.6 is 0 Å².